The van der Waals surface area contributed by atoms with Crippen molar-refractivity contribution in [2.45, 2.75) is 134 Å². The van der Waals surface area contributed by atoms with E-state index in [9.17, 15) is 28.8 Å². The largest absolute Gasteiger partial charge is 0.436 e. The lowest BCUT2D eigenvalue weighted by Crippen LogP contribution is -2.63. The van der Waals surface area contributed by atoms with Crippen LogP contribution in [0.5, 0.6) is 0 Å². The van der Waals surface area contributed by atoms with Crippen LogP contribution in [0, 0.1) is 0 Å². The van der Waals surface area contributed by atoms with Crippen molar-refractivity contribution >= 4 is 38.9 Å². The fourth-order valence-electron chi connectivity index (χ4n) is 7.87. The van der Waals surface area contributed by atoms with Crippen LogP contribution in [0.1, 0.15) is 12.8 Å². The van der Waals surface area contributed by atoms with Gasteiger partial charge >= 0.3 is 51.3 Å². The third kappa shape index (κ3) is 11.2. The SMILES string of the molecule is C[Si](C)(CCCn1c(=O)n(CC2CO2)c(=O)n(CC2CO2)c1=O)O[Si](C)(C)O[Si](C)(O[Si](C)(C)CCCn1c(=O)n(CC2CO2)c(=O)n(CC2CO2)c1=O)c1ccccc1. The van der Waals surface area contributed by atoms with Crippen LogP contribution in [0.15, 0.2) is 59.1 Å². The third-order valence-electron chi connectivity index (χ3n) is 11.0. The summed E-state index contributed by atoms with van der Waals surface area (Å²) in [4.78, 5) is 80.2. The summed E-state index contributed by atoms with van der Waals surface area (Å²) in [7, 11) is -11.1. The summed E-state index contributed by atoms with van der Waals surface area (Å²) in [6, 6.07) is 11.1. The van der Waals surface area contributed by atoms with E-state index in [1.807, 2.05) is 50.0 Å². The van der Waals surface area contributed by atoms with Gasteiger partial charge in [-0.3, -0.25) is 0 Å². The van der Waals surface area contributed by atoms with Crippen LogP contribution in [-0.4, -0.2) is 112 Å². The zero-order chi connectivity index (χ0) is 43.2. The minimum atomic E-state index is -3.16. The molecule has 4 fully saturated rings. The molecule has 2 aromatic heterocycles. The lowest BCUT2D eigenvalue weighted by atomic mass is 10.4. The number of epoxide rings is 4. The Hall–Kier alpha value is -3.37. The van der Waals surface area contributed by atoms with Crippen molar-refractivity contribution in [2.24, 2.45) is 0 Å². The first-order valence-electron chi connectivity index (χ1n) is 20.8. The van der Waals surface area contributed by atoms with Gasteiger partial charge in [0.25, 0.3) is 0 Å². The molecular formula is C37H58N6O13Si4. The molecule has 0 radical (unpaired) electrons. The molecule has 0 aliphatic carbocycles. The van der Waals surface area contributed by atoms with Crippen molar-refractivity contribution in [3.8, 4) is 0 Å². The van der Waals surface area contributed by atoms with Crippen molar-refractivity contribution in [1.82, 2.24) is 27.4 Å². The predicted octanol–water partition coefficient (Wildman–Crippen LogP) is -0.127. The first kappa shape index (κ1) is 44.7. The van der Waals surface area contributed by atoms with Crippen molar-refractivity contribution in [3.05, 3.63) is 93.2 Å². The van der Waals surface area contributed by atoms with Crippen LogP contribution in [0.3, 0.4) is 0 Å². The van der Waals surface area contributed by atoms with Gasteiger partial charge in [0, 0.05) is 13.1 Å². The molecule has 4 aliphatic heterocycles. The zero-order valence-corrected chi connectivity index (χ0v) is 39.6. The molecule has 330 valence electrons. The van der Waals surface area contributed by atoms with Crippen LogP contribution in [0.2, 0.25) is 57.9 Å². The fraction of sp³-hybridized carbons (Fsp3) is 0.676. The smallest absolute Gasteiger partial charge is 0.350 e. The summed E-state index contributed by atoms with van der Waals surface area (Å²) in [5, 5.41) is 0.948. The molecule has 0 N–H and O–H groups in total. The van der Waals surface area contributed by atoms with E-state index >= 15 is 0 Å². The van der Waals surface area contributed by atoms with Gasteiger partial charge in [-0.05, 0) is 75.9 Å². The Kier molecular flexibility index (Phi) is 13.0. The van der Waals surface area contributed by atoms with E-state index in [2.05, 4.69) is 26.2 Å². The van der Waals surface area contributed by atoms with Crippen LogP contribution in [0.4, 0.5) is 0 Å². The van der Waals surface area contributed by atoms with Crippen LogP contribution < -0.4 is 39.3 Å². The van der Waals surface area contributed by atoms with Crippen molar-refractivity contribution in [3.63, 3.8) is 0 Å². The van der Waals surface area contributed by atoms with Crippen molar-refractivity contribution in [2.75, 3.05) is 26.4 Å². The average molecular weight is 907 g/mol. The lowest BCUT2D eigenvalue weighted by Gasteiger charge is -2.42. The second-order valence-corrected chi connectivity index (χ2v) is 33.8. The van der Waals surface area contributed by atoms with E-state index in [0.29, 0.717) is 51.4 Å². The fourth-order valence-corrected chi connectivity index (χ4v) is 26.8. The standard InChI is InChI=1S/C37H58N6O13Si4/c1-57(2,17-11-15-38-32(44)40(19-27-23-50-27)36(48)41(33(38)45)20-28-24-51-28)54-59(5,6)56-60(7,31-13-9-8-10-14-31)55-58(3,4)18-12-16-39-34(46)42(21-29-25-52-29)37(49)43(35(39)47)22-30-26-53-30/h8-10,13-14,27-30H,11-12,15-26H2,1-7H3. The first-order valence-corrected chi connectivity index (χ1v) is 32.1. The van der Waals surface area contributed by atoms with Gasteiger partial charge in [-0.1, -0.05) is 30.3 Å². The second kappa shape index (κ2) is 17.4. The molecule has 0 spiro atoms. The number of hydrogen-bond acceptors (Lipinski definition) is 13. The maximum absolute atomic E-state index is 13.5. The summed E-state index contributed by atoms with van der Waals surface area (Å²) in [6.45, 7) is 16.9. The molecule has 6 heterocycles. The molecule has 3 aromatic rings. The van der Waals surface area contributed by atoms with Crippen LogP contribution >= 0.6 is 0 Å². The highest BCUT2D eigenvalue weighted by atomic mass is 28.5. The minimum absolute atomic E-state index is 0.0944. The van der Waals surface area contributed by atoms with Gasteiger partial charge in [0.15, 0.2) is 16.6 Å². The molecule has 4 aliphatic rings. The van der Waals surface area contributed by atoms with Gasteiger partial charge < -0.3 is 31.3 Å². The van der Waals surface area contributed by atoms with E-state index in [1.54, 1.807) is 0 Å². The Morgan fingerprint density at radius 1 is 0.483 bits per heavy atom. The molecule has 23 heteroatoms. The molecule has 0 saturated carbocycles. The molecule has 0 bridgehead atoms. The summed E-state index contributed by atoms with van der Waals surface area (Å²) in [5.41, 5.74) is -3.84. The lowest BCUT2D eigenvalue weighted by molar-refractivity contribution is 0.331. The monoisotopic (exact) mass is 906 g/mol. The highest BCUT2D eigenvalue weighted by Gasteiger charge is 2.47. The summed E-state index contributed by atoms with van der Waals surface area (Å²) >= 11 is 0. The van der Waals surface area contributed by atoms with E-state index < -0.39 is 67.9 Å². The number of benzene rings is 1. The quantitative estimate of drug-likeness (QED) is 0.0899. The summed E-state index contributed by atoms with van der Waals surface area (Å²) < 4.78 is 49.0. The third-order valence-corrected chi connectivity index (χ3v) is 26.9. The van der Waals surface area contributed by atoms with Crippen LogP contribution in [-0.2, 0) is 70.6 Å². The Labute approximate surface area is 350 Å². The molecule has 4 saturated heterocycles. The Bertz CT molecular complexity index is 2310. The molecule has 60 heavy (non-hydrogen) atoms. The topological polar surface area (TPSA) is 210 Å². The van der Waals surface area contributed by atoms with Gasteiger partial charge in [0.2, 0.25) is 0 Å². The average Bonchev–Trinajstić information content (AvgIpc) is 3.97. The normalized spacial score (nSPS) is 22.1. The van der Waals surface area contributed by atoms with E-state index in [4.69, 9.17) is 31.3 Å². The second-order valence-electron chi connectivity index (χ2n) is 18.0. The first-order chi connectivity index (χ1) is 28.2. The molecule has 0 amide bonds. The Morgan fingerprint density at radius 3 is 1.13 bits per heavy atom. The Morgan fingerprint density at radius 2 is 0.800 bits per heavy atom. The molecular weight excluding hydrogens is 849 g/mol. The molecule has 19 nitrogen and oxygen atoms in total. The highest BCUT2D eigenvalue weighted by Crippen LogP contribution is 2.28. The number of ether oxygens (including phenoxy) is 4. The zero-order valence-electron chi connectivity index (χ0n) is 35.6. The number of nitrogens with zero attached hydrogens (tertiary/aromatic N) is 6. The number of hydrogen-bond donors (Lipinski definition) is 0. The molecule has 7 rings (SSSR count). The van der Waals surface area contributed by atoms with Gasteiger partial charge in [-0.25, -0.2) is 56.2 Å². The van der Waals surface area contributed by atoms with Crippen molar-refractivity contribution < 1.29 is 31.3 Å². The van der Waals surface area contributed by atoms with E-state index in [0.717, 1.165) is 32.6 Å². The maximum Gasteiger partial charge on any atom is 0.350 e. The van der Waals surface area contributed by atoms with Gasteiger partial charge in [0.05, 0.1) is 77.0 Å². The highest BCUT2D eigenvalue weighted by molar-refractivity contribution is 6.95. The maximum atomic E-state index is 13.5. The molecule has 1 aromatic carbocycles. The van der Waals surface area contributed by atoms with Crippen LogP contribution in [0.25, 0.3) is 0 Å². The number of rotatable bonds is 23. The molecule has 5 unspecified atom stereocenters. The van der Waals surface area contributed by atoms with Gasteiger partial charge in [-0.15, -0.1) is 0 Å². The molecule has 5 atom stereocenters. The predicted molar refractivity (Wildman–Crippen MR) is 230 cm³/mol. The summed E-state index contributed by atoms with van der Waals surface area (Å²) in [5.74, 6) is 0. The summed E-state index contributed by atoms with van der Waals surface area (Å²) in [6.07, 6.45) is 0.0670. The van der Waals surface area contributed by atoms with Crippen molar-refractivity contribution in [1.29, 1.82) is 0 Å². The van der Waals surface area contributed by atoms with E-state index in [-0.39, 0.29) is 63.7 Å². The number of aromatic nitrogens is 6. The minimum Gasteiger partial charge on any atom is -0.436 e. The Balaban J connectivity index is 1.02. The van der Waals surface area contributed by atoms with Gasteiger partial charge in [-0.2, -0.15) is 0 Å². The van der Waals surface area contributed by atoms with Gasteiger partial charge in [0.1, 0.15) is 0 Å². The van der Waals surface area contributed by atoms with E-state index in [1.165, 1.54) is 0 Å².